The Morgan fingerprint density at radius 3 is 1.63 bits per heavy atom. The third-order valence-corrected chi connectivity index (χ3v) is 10.5. The number of rotatable bonds is 7. The molecule has 2 nitrogen and oxygen atoms in total. The van der Waals surface area contributed by atoms with Crippen LogP contribution in [0.25, 0.3) is 77.2 Å². The molecule has 0 aliphatic carbocycles. The molecule has 0 N–H and O–H groups in total. The molecule has 1 heterocycles. The van der Waals surface area contributed by atoms with Crippen molar-refractivity contribution in [2.75, 3.05) is 4.90 Å². The van der Waals surface area contributed by atoms with Gasteiger partial charge >= 0.3 is 0 Å². The van der Waals surface area contributed by atoms with Gasteiger partial charge < -0.3 is 9.32 Å². The van der Waals surface area contributed by atoms with Gasteiger partial charge in [0.05, 0.1) is 0 Å². The van der Waals surface area contributed by atoms with E-state index in [0.717, 1.165) is 55.7 Å². The van der Waals surface area contributed by atoms with E-state index in [1.165, 1.54) is 38.6 Å². The van der Waals surface area contributed by atoms with Gasteiger partial charge in [0.2, 0.25) is 0 Å². The highest BCUT2D eigenvalue weighted by molar-refractivity contribution is 6.09. The van der Waals surface area contributed by atoms with Crippen molar-refractivity contribution in [3.8, 4) is 44.5 Å². The third kappa shape index (κ3) is 5.71. The average molecular weight is 690 g/mol. The van der Waals surface area contributed by atoms with Crippen molar-refractivity contribution in [3.05, 3.63) is 212 Å². The zero-order chi connectivity index (χ0) is 35.8. The Kier molecular flexibility index (Phi) is 7.85. The first-order chi connectivity index (χ1) is 26.8. The van der Waals surface area contributed by atoms with Gasteiger partial charge in [-0.3, -0.25) is 0 Å². The standard InChI is InChI=1S/C52H35NO/c1-2-13-36(14-3-1)40-18-9-21-44(34-40)53(43-31-29-38(30-32-43)48-26-12-27-50-49-24-6-7-28-51(49)54-52(48)50)45-22-10-19-41(35-45)39-17-8-20-42(33-39)47-25-11-16-37-15-4-5-23-46(37)47/h1-35H. The maximum Gasteiger partial charge on any atom is 0.143 e. The van der Waals surface area contributed by atoms with Crippen molar-refractivity contribution >= 4 is 49.8 Å². The Hall–Kier alpha value is -7.16. The largest absolute Gasteiger partial charge is 0.455 e. The van der Waals surface area contributed by atoms with Gasteiger partial charge in [0, 0.05) is 33.4 Å². The maximum atomic E-state index is 6.41. The normalized spacial score (nSPS) is 11.3. The summed E-state index contributed by atoms with van der Waals surface area (Å²) in [6.07, 6.45) is 0. The van der Waals surface area contributed by atoms with Gasteiger partial charge in [0.25, 0.3) is 0 Å². The number of furan rings is 1. The molecule has 0 atom stereocenters. The predicted molar refractivity (Wildman–Crippen MR) is 228 cm³/mol. The van der Waals surface area contributed by atoms with E-state index < -0.39 is 0 Å². The molecule has 0 aliphatic heterocycles. The fourth-order valence-electron chi connectivity index (χ4n) is 7.83. The molecule has 0 saturated heterocycles. The second kappa shape index (κ2) is 13.4. The molecular formula is C52H35NO. The summed E-state index contributed by atoms with van der Waals surface area (Å²) in [5.74, 6) is 0. The Bertz CT molecular complexity index is 2930. The molecule has 9 aromatic carbocycles. The minimum Gasteiger partial charge on any atom is -0.455 e. The third-order valence-electron chi connectivity index (χ3n) is 10.5. The fraction of sp³-hybridized carbons (Fsp3) is 0. The lowest BCUT2D eigenvalue weighted by Crippen LogP contribution is -2.10. The SMILES string of the molecule is c1ccc(-c2cccc(N(c3ccc(-c4cccc5c4oc4ccccc45)cc3)c3cccc(-c4cccc(-c5cccc6ccccc56)c4)c3)c2)cc1. The molecule has 0 aliphatic rings. The summed E-state index contributed by atoms with van der Waals surface area (Å²) < 4.78 is 6.41. The lowest BCUT2D eigenvalue weighted by molar-refractivity contribution is 0.670. The second-order valence-corrected chi connectivity index (χ2v) is 13.7. The van der Waals surface area contributed by atoms with Crippen molar-refractivity contribution in [3.63, 3.8) is 0 Å². The highest BCUT2D eigenvalue weighted by Crippen LogP contribution is 2.41. The smallest absolute Gasteiger partial charge is 0.143 e. The van der Waals surface area contributed by atoms with Gasteiger partial charge in [-0.1, -0.05) is 164 Å². The van der Waals surface area contributed by atoms with E-state index in [4.69, 9.17) is 4.42 Å². The molecule has 10 aromatic rings. The Labute approximate surface area is 314 Å². The van der Waals surface area contributed by atoms with Crippen molar-refractivity contribution in [2.24, 2.45) is 0 Å². The first kappa shape index (κ1) is 31.6. The van der Waals surface area contributed by atoms with Crippen molar-refractivity contribution < 1.29 is 4.42 Å². The van der Waals surface area contributed by atoms with Gasteiger partial charge in [0.15, 0.2) is 0 Å². The molecule has 0 saturated carbocycles. The van der Waals surface area contributed by atoms with Crippen LogP contribution in [0.1, 0.15) is 0 Å². The molecule has 10 rings (SSSR count). The quantitative estimate of drug-likeness (QED) is 0.166. The number of para-hydroxylation sites is 2. The van der Waals surface area contributed by atoms with Crippen molar-refractivity contribution in [1.29, 1.82) is 0 Å². The number of benzene rings is 9. The summed E-state index contributed by atoms with van der Waals surface area (Å²) in [5.41, 5.74) is 14.4. The zero-order valence-corrected chi connectivity index (χ0v) is 29.6. The second-order valence-electron chi connectivity index (χ2n) is 13.7. The number of hydrogen-bond acceptors (Lipinski definition) is 2. The molecule has 0 fully saturated rings. The number of hydrogen-bond donors (Lipinski definition) is 0. The van der Waals surface area contributed by atoms with Crippen LogP contribution in [-0.4, -0.2) is 0 Å². The lowest BCUT2D eigenvalue weighted by atomic mass is 9.95. The van der Waals surface area contributed by atoms with Crippen LogP contribution < -0.4 is 4.90 Å². The molecule has 0 unspecified atom stereocenters. The molecule has 0 amide bonds. The molecular weight excluding hydrogens is 655 g/mol. The van der Waals surface area contributed by atoms with E-state index in [1.807, 2.05) is 12.1 Å². The van der Waals surface area contributed by atoms with Gasteiger partial charge in [-0.15, -0.1) is 0 Å². The molecule has 0 bridgehead atoms. The number of anilines is 3. The van der Waals surface area contributed by atoms with E-state index >= 15 is 0 Å². The lowest BCUT2D eigenvalue weighted by Gasteiger charge is -2.27. The summed E-state index contributed by atoms with van der Waals surface area (Å²) in [7, 11) is 0. The van der Waals surface area contributed by atoms with Crippen LogP contribution in [0.3, 0.4) is 0 Å². The first-order valence-electron chi connectivity index (χ1n) is 18.4. The molecule has 54 heavy (non-hydrogen) atoms. The molecule has 1 aromatic heterocycles. The summed E-state index contributed by atoms with van der Waals surface area (Å²) in [6.45, 7) is 0. The minimum atomic E-state index is 0.906. The van der Waals surface area contributed by atoms with Crippen molar-refractivity contribution in [1.82, 2.24) is 0 Å². The fourth-order valence-corrected chi connectivity index (χ4v) is 7.83. The summed E-state index contributed by atoms with van der Waals surface area (Å²) >= 11 is 0. The molecule has 0 radical (unpaired) electrons. The number of nitrogens with zero attached hydrogens (tertiary/aromatic N) is 1. The van der Waals surface area contributed by atoms with Gasteiger partial charge in [-0.05, 0) is 98.2 Å². The van der Waals surface area contributed by atoms with Crippen LogP contribution in [0.2, 0.25) is 0 Å². The predicted octanol–water partition coefficient (Wildman–Crippen LogP) is 14.9. The maximum absolute atomic E-state index is 6.41. The average Bonchev–Trinajstić information content (AvgIpc) is 3.64. The van der Waals surface area contributed by atoms with Crippen LogP contribution in [0, 0.1) is 0 Å². The number of fused-ring (bicyclic) bond motifs is 4. The first-order valence-corrected chi connectivity index (χ1v) is 18.4. The molecule has 0 spiro atoms. The van der Waals surface area contributed by atoms with Gasteiger partial charge in [-0.25, -0.2) is 0 Å². The highest BCUT2D eigenvalue weighted by atomic mass is 16.3. The monoisotopic (exact) mass is 689 g/mol. The van der Waals surface area contributed by atoms with Gasteiger partial charge in [0.1, 0.15) is 11.2 Å². The molecule has 254 valence electrons. The highest BCUT2D eigenvalue weighted by Gasteiger charge is 2.17. The van der Waals surface area contributed by atoms with E-state index in [9.17, 15) is 0 Å². The van der Waals surface area contributed by atoms with Crippen LogP contribution in [0.4, 0.5) is 17.1 Å². The summed E-state index contributed by atoms with van der Waals surface area (Å²) in [6, 6.07) is 75.9. The molecule has 2 heteroatoms. The van der Waals surface area contributed by atoms with Crippen LogP contribution >= 0.6 is 0 Å². The summed E-state index contributed by atoms with van der Waals surface area (Å²) in [5, 5.41) is 4.78. The van der Waals surface area contributed by atoms with Crippen LogP contribution in [0.5, 0.6) is 0 Å². The van der Waals surface area contributed by atoms with Crippen molar-refractivity contribution in [2.45, 2.75) is 0 Å². The van der Waals surface area contributed by atoms with E-state index in [1.54, 1.807) is 0 Å². The minimum absolute atomic E-state index is 0.906. The zero-order valence-electron chi connectivity index (χ0n) is 29.6. The van der Waals surface area contributed by atoms with E-state index in [-0.39, 0.29) is 0 Å². The van der Waals surface area contributed by atoms with Crippen LogP contribution in [-0.2, 0) is 0 Å². The van der Waals surface area contributed by atoms with E-state index in [2.05, 4.69) is 205 Å². The van der Waals surface area contributed by atoms with Crippen LogP contribution in [0.15, 0.2) is 217 Å². The Morgan fingerprint density at radius 1 is 0.296 bits per heavy atom. The summed E-state index contributed by atoms with van der Waals surface area (Å²) in [4.78, 5) is 2.36. The Morgan fingerprint density at radius 2 is 0.833 bits per heavy atom. The topological polar surface area (TPSA) is 16.4 Å². The van der Waals surface area contributed by atoms with Gasteiger partial charge in [-0.2, -0.15) is 0 Å². The van der Waals surface area contributed by atoms with E-state index in [0.29, 0.717) is 0 Å². The Balaban J connectivity index is 1.08.